The van der Waals surface area contributed by atoms with Crippen LogP contribution in [-0.2, 0) is 19.4 Å². The van der Waals surface area contributed by atoms with Crippen molar-refractivity contribution in [3.63, 3.8) is 0 Å². The Bertz CT molecular complexity index is 382. The van der Waals surface area contributed by atoms with Crippen molar-refractivity contribution in [2.45, 2.75) is 64.5 Å². The van der Waals surface area contributed by atoms with Crippen LogP contribution in [0.5, 0.6) is 0 Å². The molecule has 3 heteroatoms. The molecule has 1 aromatic heterocycles. The Morgan fingerprint density at radius 1 is 1.35 bits per heavy atom. The van der Waals surface area contributed by atoms with Crippen molar-refractivity contribution in [3.05, 3.63) is 15.6 Å². The molecule has 0 saturated heterocycles. The van der Waals surface area contributed by atoms with E-state index in [1.54, 1.807) is 4.88 Å². The minimum atomic E-state index is 0.795. The lowest BCUT2D eigenvalue weighted by molar-refractivity contribution is 0.423. The Balaban J connectivity index is 1.61. The third kappa shape index (κ3) is 2.89. The van der Waals surface area contributed by atoms with Crippen LogP contribution in [0.25, 0.3) is 0 Å². The first-order valence-electron chi connectivity index (χ1n) is 7.06. The largest absolute Gasteiger partial charge is 0.308 e. The van der Waals surface area contributed by atoms with Gasteiger partial charge < -0.3 is 5.32 Å². The summed E-state index contributed by atoms with van der Waals surface area (Å²) in [4.78, 5) is 6.39. The van der Waals surface area contributed by atoms with Crippen molar-refractivity contribution < 1.29 is 0 Å². The van der Waals surface area contributed by atoms with E-state index in [0.29, 0.717) is 0 Å². The number of aromatic nitrogens is 1. The summed E-state index contributed by atoms with van der Waals surface area (Å²) in [6, 6.07) is 0.795. The summed E-state index contributed by atoms with van der Waals surface area (Å²) in [6.45, 7) is 3.30. The van der Waals surface area contributed by atoms with Crippen LogP contribution >= 0.6 is 11.3 Å². The fourth-order valence-electron chi connectivity index (χ4n) is 2.75. The second kappa shape index (κ2) is 5.07. The Morgan fingerprint density at radius 2 is 2.24 bits per heavy atom. The number of thiazole rings is 1. The SMILES string of the molecule is CCCC1CCc2nc(CNC3CC3)sc2C1. The first kappa shape index (κ1) is 11.7. The van der Waals surface area contributed by atoms with E-state index in [9.17, 15) is 0 Å². The number of hydrogen-bond donors (Lipinski definition) is 1. The maximum absolute atomic E-state index is 4.80. The van der Waals surface area contributed by atoms with Gasteiger partial charge >= 0.3 is 0 Å². The van der Waals surface area contributed by atoms with E-state index in [0.717, 1.165) is 18.5 Å². The molecule has 1 aromatic rings. The highest BCUT2D eigenvalue weighted by atomic mass is 32.1. The van der Waals surface area contributed by atoms with Crippen LogP contribution in [0, 0.1) is 5.92 Å². The molecule has 0 spiro atoms. The lowest BCUT2D eigenvalue weighted by atomic mass is 9.88. The fourth-order valence-corrected chi connectivity index (χ4v) is 3.93. The molecule has 2 nitrogen and oxygen atoms in total. The Hall–Kier alpha value is -0.410. The monoisotopic (exact) mass is 250 g/mol. The standard InChI is InChI=1S/C14H22N2S/c1-2-3-10-4-7-12-13(8-10)17-14(16-12)9-15-11-5-6-11/h10-11,15H,2-9H2,1H3. The lowest BCUT2D eigenvalue weighted by Crippen LogP contribution is -2.15. The van der Waals surface area contributed by atoms with E-state index in [1.165, 1.54) is 55.6 Å². The molecule has 1 N–H and O–H groups in total. The number of fused-ring (bicyclic) bond motifs is 1. The quantitative estimate of drug-likeness (QED) is 0.867. The third-order valence-corrected chi connectivity index (χ3v) is 5.02. The molecule has 0 radical (unpaired) electrons. The zero-order valence-electron chi connectivity index (χ0n) is 10.7. The number of nitrogens with zero attached hydrogens (tertiary/aromatic N) is 1. The lowest BCUT2D eigenvalue weighted by Gasteiger charge is -2.20. The second-order valence-electron chi connectivity index (χ2n) is 5.53. The molecule has 3 rings (SSSR count). The normalized spacial score (nSPS) is 23.7. The van der Waals surface area contributed by atoms with E-state index in [4.69, 9.17) is 4.98 Å². The zero-order chi connectivity index (χ0) is 11.7. The molecule has 1 fully saturated rings. The van der Waals surface area contributed by atoms with E-state index < -0.39 is 0 Å². The minimum Gasteiger partial charge on any atom is -0.308 e. The summed E-state index contributed by atoms with van der Waals surface area (Å²) in [6.07, 6.45) is 9.33. The summed E-state index contributed by atoms with van der Waals surface area (Å²) in [5.41, 5.74) is 1.41. The molecule has 0 aliphatic heterocycles. The summed E-state index contributed by atoms with van der Waals surface area (Å²) in [5.74, 6) is 0.928. The highest BCUT2D eigenvalue weighted by Crippen LogP contribution is 2.32. The predicted octanol–water partition coefficient (Wildman–Crippen LogP) is 3.30. The van der Waals surface area contributed by atoms with Crippen LogP contribution in [0.1, 0.15) is 54.6 Å². The first-order chi connectivity index (χ1) is 8.35. The maximum Gasteiger partial charge on any atom is 0.107 e. The molecule has 2 aliphatic rings. The average Bonchev–Trinajstić information content (AvgIpc) is 3.06. The predicted molar refractivity (Wildman–Crippen MR) is 72.4 cm³/mol. The first-order valence-corrected chi connectivity index (χ1v) is 7.87. The Kier molecular flexibility index (Phi) is 3.48. The Morgan fingerprint density at radius 3 is 3.00 bits per heavy atom. The smallest absolute Gasteiger partial charge is 0.107 e. The summed E-state index contributed by atoms with van der Waals surface area (Å²) in [5, 5.41) is 4.88. The summed E-state index contributed by atoms with van der Waals surface area (Å²) in [7, 11) is 0. The van der Waals surface area contributed by atoms with E-state index in [1.807, 2.05) is 11.3 Å². The van der Waals surface area contributed by atoms with Gasteiger partial charge in [-0.15, -0.1) is 11.3 Å². The third-order valence-electron chi connectivity index (χ3n) is 3.90. The molecule has 94 valence electrons. The van der Waals surface area contributed by atoms with Crippen LogP contribution in [-0.4, -0.2) is 11.0 Å². The van der Waals surface area contributed by atoms with Gasteiger partial charge in [-0.25, -0.2) is 4.98 Å². The van der Waals surface area contributed by atoms with Gasteiger partial charge in [-0.3, -0.25) is 0 Å². The molecule has 17 heavy (non-hydrogen) atoms. The van der Waals surface area contributed by atoms with Crippen LogP contribution in [0.15, 0.2) is 0 Å². The highest BCUT2D eigenvalue weighted by Gasteiger charge is 2.23. The Labute approximate surface area is 108 Å². The van der Waals surface area contributed by atoms with Gasteiger partial charge in [0.25, 0.3) is 0 Å². The second-order valence-corrected chi connectivity index (χ2v) is 6.70. The zero-order valence-corrected chi connectivity index (χ0v) is 11.5. The molecule has 0 aromatic carbocycles. The summed E-state index contributed by atoms with van der Waals surface area (Å²) >= 11 is 1.96. The van der Waals surface area contributed by atoms with E-state index in [2.05, 4.69) is 12.2 Å². The molecular formula is C14H22N2S. The highest BCUT2D eigenvalue weighted by molar-refractivity contribution is 7.11. The maximum atomic E-state index is 4.80. The number of hydrogen-bond acceptors (Lipinski definition) is 3. The average molecular weight is 250 g/mol. The van der Waals surface area contributed by atoms with Gasteiger partial charge in [0.05, 0.1) is 5.69 Å². The molecule has 0 bridgehead atoms. The van der Waals surface area contributed by atoms with Crippen molar-refractivity contribution in [1.82, 2.24) is 10.3 Å². The number of aryl methyl sites for hydroxylation is 1. The molecule has 0 amide bonds. The van der Waals surface area contributed by atoms with Crippen molar-refractivity contribution >= 4 is 11.3 Å². The number of nitrogens with one attached hydrogen (secondary N) is 1. The van der Waals surface area contributed by atoms with E-state index in [-0.39, 0.29) is 0 Å². The van der Waals surface area contributed by atoms with Gasteiger partial charge in [0.2, 0.25) is 0 Å². The van der Waals surface area contributed by atoms with Crippen LogP contribution in [0.4, 0.5) is 0 Å². The summed E-state index contributed by atoms with van der Waals surface area (Å²) < 4.78 is 0. The molecule has 2 aliphatic carbocycles. The van der Waals surface area contributed by atoms with Crippen molar-refractivity contribution in [3.8, 4) is 0 Å². The van der Waals surface area contributed by atoms with Gasteiger partial charge in [0.1, 0.15) is 5.01 Å². The minimum absolute atomic E-state index is 0.795. The topological polar surface area (TPSA) is 24.9 Å². The molecule has 1 heterocycles. The van der Waals surface area contributed by atoms with E-state index >= 15 is 0 Å². The van der Waals surface area contributed by atoms with Crippen molar-refractivity contribution in [2.24, 2.45) is 5.92 Å². The van der Waals surface area contributed by atoms with Crippen LogP contribution in [0.3, 0.4) is 0 Å². The van der Waals surface area contributed by atoms with Crippen molar-refractivity contribution in [1.29, 1.82) is 0 Å². The number of rotatable bonds is 5. The van der Waals surface area contributed by atoms with Gasteiger partial charge in [0.15, 0.2) is 0 Å². The van der Waals surface area contributed by atoms with Gasteiger partial charge in [-0.05, 0) is 38.0 Å². The molecule has 1 atom stereocenters. The van der Waals surface area contributed by atoms with Crippen LogP contribution < -0.4 is 5.32 Å². The van der Waals surface area contributed by atoms with Gasteiger partial charge in [-0.2, -0.15) is 0 Å². The van der Waals surface area contributed by atoms with Crippen LogP contribution in [0.2, 0.25) is 0 Å². The van der Waals surface area contributed by atoms with Gasteiger partial charge in [-0.1, -0.05) is 19.8 Å². The fraction of sp³-hybridized carbons (Fsp3) is 0.786. The van der Waals surface area contributed by atoms with Gasteiger partial charge in [0, 0.05) is 17.5 Å². The molecule has 1 saturated carbocycles. The van der Waals surface area contributed by atoms with Crippen molar-refractivity contribution in [2.75, 3.05) is 0 Å². The molecule has 1 unspecified atom stereocenters. The molecular weight excluding hydrogens is 228 g/mol.